The zero-order chi connectivity index (χ0) is 18.5. The minimum Gasteiger partial charge on any atom is -0.463 e. The standard InChI is InChI=1S/C18H32O6/c1-2-3-4-5-6-7-8-9-10-11-16(20)24-13-15-18(22)17(21)14(19)12-23-15/h15,17-18,21-22H,2-13H2,1H3/t15-,17-,18-/m1/s1/i1D. The van der Waals surface area contributed by atoms with Gasteiger partial charge in [-0.3, -0.25) is 9.59 Å². The van der Waals surface area contributed by atoms with Crippen molar-refractivity contribution in [2.75, 3.05) is 13.2 Å². The number of carbonyl (C=O) groups is 2. The molecule has 24 heavy (non-hydrogen) atoms. The molecule has 0 bridgehead atoms. The number of hydrogen-bond acceptors (Lipinski definition) is 6. The predicted octanol–water partition coefficient (Wildman–Crippen LogP) is 2.14. The molecule has 0 aromatic carbocycles. The highest BCUT2D eigenvalue weighted by Gasteiger charge is 2.37. The SMILES string of the molecule is [2H]CCCCCCCCCCCC(=O)OC[C@H]1OCC(=O)[C@@H](O)[C@@H]1O. The molecule has 3 atom stereocenters. The molecule has 0 unspecified atom stereocenters. The van der Waals surface area contributed by atoms with Gasteiger partial charge in [-0.2, -0.15) is 0 Å². The second-order valence-corrected chi connectivity index (χ2v) is 6.37. The minimum absolute atomic E-state index is 0.150. The lowest BCUT2D eigenvalue weighted by Crippen LogP contribution is -2.52. The van der Waals surface area contributed by atoms with E-state index >= 15 is 0 Å². The number of hydrogen-bond donors (Lipinski definition) is 2. The molecule has 0 amide bonds. The van der Waals surface area contributed by atoms with Gasteiger partial charge in [0.15, 0.2) is 5.78 Å². The topological polar surface area (TPSA) is 93.1 Å². The number of ketones is 1. The van der Waals surface area contributed by atoms with Crippen molar-refractivity contribution < 1.29 is 30.6 Å². The van der Waals surface area contributed by atoms with Gasteiger partial charge in [-0.05, 0) is 6.42 Å². The number of carbonyl (C=O) groups excluding carboxylic acids is 2. The summed E-state index contributed by atoms with van der Waals surface area (Å²) in [6.07, 6.45) is 6.47. The fourth-order valence-electron chi connectivity index (χ4n) is 2.67. The van der Waals surface area contributed by atoms with Crippen LogP contribution in [0.4, 0.5) is 0 Å². The van der Waals surface area contributed by atoms with E-state index in [1.54, 1.807) is 0 Å². The van der Waals surface area contributed by atoms with Crippen molar-refractivity contribution in [1.82, 2.24) is 0 Å². The van der Waals surface area contributed by atoms with Crippen molar-refractivity contribution in [1.29, 1.82) is 0 Å². The van der Waals surface area contributed by atoms with E-state index in [1.165, 1.54) is 25.7 Å². The molecule has 1 saturated heterocycles. The normalized spacial score (nSPS) is 24.7. The Morgan fingerprint density at radius 3 is 2.46 bits per heavy atom. The van der Waals surface area contributed by atoms with Gasteiger partial charge in [-0.1, -0.05) is 58.3 Å². The summed E-state index contributed by atoms with van der Waals surface area (Å²) >= 11 is 0. The molecule has 1 aliphatic rings. The summed E-state index contributed by atoms with van der Waals surface area (Å²) in [6.45, 7) is 0.104. The molecule has 0 aliphatic carbocycles. The van der Waals surface area contributed by atoms with Gasteiger partial charge in [0, 0.05) is 7.79 Å². The van der Waals surface area contributed by atoms with E-state index in [4.69, 9.17) is 10.8 Å². The van der Waals surface area contributed by atoms with Crippen LogP contribution in [0.3, 0.4) is 0 Å². The molecule has 1 aliphatic heterocycles. The first-order valence-electron chi connectivity index (χ1n) is 9.72. The minimum atomic E-state index is -1.47. The van der Waals surface area contributed by atoms with Gasteiger partial charge in [0.1, 0.15) is 31.5 Å². The van der Waals surface area contributed by atoms with Gasteiger partial charge in [0.2, 0.25) is 0 Å². The van der Waals surface area contributed by atoms with Crippen LogP contribution in [0, 0.1) is 0 Å². The Bertz CT molecular complexity index is 390. The lowest BCUT2D eigenvalue weighted by molar-refractivity contribution is -0.177. The Kier molecular flexibility index (Phi) is 9.99. The molecule has 0 aromatic heterocycles. The van der Waals surface area contributed by atoms with Crippen LogP contribution in [0.15, 0.2) is 0 Å². The first-order chi connectivity index (χ1) is 12.1. The Morgan fingerprint density at radius 2 is 1.79 bits per heavy atom. The molecule has 1 fully saturated rings. The van der Waals surface area contributed by atoms with E-state index in [9.17, 15) is 19.8 Å². The predicted molar refractivity (Wildman–Crippen MR) is 89.6 cm³/mol. The number of Topliss-reactive ketones (excluding diaryl/α,β-unsaturated/α-hetero) is 1. The van der Waals surface area contributed by atoms with Gasteiger partial charge in [0.25, 0.3) is 0 Å². The van der Waals surface area contributed by atoms with E-state index < -0.39 is 24.1 Å². The van der Waals surface area contributed by atoms with Gasteiger partial charge in [-0.25, -0.2) is 0 Å². The molecule has 1 heterocycles. The van der Waals surface area contributed by atoms with Crippen molar-refractivity contribution >= 4 is 11.8 Å². The van der Waals surface area contributed by atoms with Gasteiger partial charge in [0.05, 0.1) is 0 Å². The Balaban J connectivity index is 1.96. The number of ether oxygens (including phenoxy) is 2. The Hall–Kier alpha value is -0.980. The smallest absolute Gasteiger partial charge is 0.305 e. The largest absolute Gasteiger partial charge is 0.463 e. The summed E-state index contributed by atoms with van der Waals surface area (Å²) < 4.78 is 17.2. The Morgan fingerprint density at radius 1 is 1.17 bits per heavy atom. The fraction of sp³-hybridized carbons (Fsp3) is 0.889. The highest BCUT2D eigenvalue weighted by atomic mass is 16.6. The van der Waals surface area contributed by atoms with E-state index in [0.29, 0.717) is 13.3 Å². The quantitative estimate of drug-likeness (QED) is 0.416. The van der Waals surface area contributed by atoms with Gasteiger partial charge in [-0.15, -0.1) is 0 Å². The lowest BCUT2D eigenvalue weighted by Gasteiger charge is -2.30. The summed E-state index contributed by atoms with van der Waals surface area (Å²) in [4.78, 5) is 22.8. The molecule has 2 N–H and O–H groups in total. The maximum atomic E-state index is 11.7. The Labute approximate surface area is 145 Å². The number of aliphatic hydroxyl groups is 2. The molecule has 1 rings (SSSR count). The van der Waals surface area contributed by atoms with Gasteiger partial charge >= 0.3 is 5.97 Å². The van der Waals surface area contributed by atoms with Gasteiger partial charge < -0.3 is 19.7 Å². The summed E-state index contributed by atoms with van der Waals surface area (Å²) in [7, 11) is 0. The number of unbranched alkanes of at least 4 members (excludes halogenated alkanes) is 8. The average Bonchev–Trinajstić information content (AvgIpc) is 2.60. The number of esters is 1. The fourth-order valence-corrected chi connectivity index (χ4v) is 2.67. The molecule has 6 nitrogen and oxygen atoms in total. The number of aliphatic hydroxyl groups excluding tert-OH is 2. The molecule has 0 spiro atoms. The number of rotatable bonds is 12. The summed E-state index contributed by atoms with van der Waals surface area (Å²) in [5.41, 5.74) is 0. The third kappa shape index (κ3) is 8.22. The van der Waals surface area contributed by atoms with Crippen LogP contribution < -0.4 is 0 Å². The third-order valence-corrected chi connectivity index (χ3v) is 4.26. The van der Waals surface area contributed by atoms with Crippen LogP contribution in [0.2, 0.25) is 0 Å². The second kappa shape index (κ2) is 12.4. The molecule has 6 heteroatoms. The summed E-state index contributed by atoms with van der Waals surface area (Å²) in [5.74, 6) is -0.913. The highest BCUT2D eigenvalue weighted by molar-refractivity contribution is 5.85. The lowest BCUT2D eigenvalue weighted by atomic mass is 10.0. The molecule has 0 aromatic rings. The van der Waals surface area contributed by atoms with E-state index in [-0.39, 0.29) is 19.2 Å². The molecular weight excluding hydrogens is 312 g/mol. The van der Waals surface area contributed by atoms with E-state index in [2.05, 4.69) is 0 Å². The monoisotopic (exact) mass is 345 g/mol. The molecule has 0 saturated carbocycles. The van der Waals surface area contributed by atoms with E-state index in [0.717, 1.165) is 32.1 Å². The summed E-state index contributed by atoms with van der Waals surface area (Å²) in [5, 5.41) is 19.1. The molecular formula is C18H32O6. The van der Waals surface area contributed by atoms with Crippen molar-refractivity contribution in [2.45, 2.75) is 89.4 Å². The average molecular weight is 345 g/mol. The highest BCUT2D eigenvalue weighted by Crippen LogP contribution is 2.14. The molecule has 140 valence electrons. The van der Waals surface area contributed by atoms with Crippen molar-refractivity contribution in [3.05, 3.63) is 0 Å². The maximum Gasteiger partial charge on any atom is 0.305 e. The first-order valence-corrected chi connectivity index (χ1v) is 9.01. The first kappa shape index (κ1) is 19.3. The third-order valence-electron chi connectivity index (χ3n) is 4.26. The van der Waals surface area contributed by atoms with E-state index in [1.807, 2.05) is 0 Å². The van der Waals surface area contributed by atoms with Crippen LogP contribution in [-0.2, 0) is 19.1 Å². The van der Waals surface area contributed by atoms with Crippen molar-refractivity contribution in [3.63, 3.8) is 0 Å². The second-order valence-electron chi connectivity index (χ2n) is 6.37. The summed E-state index contributed by atoms with van der Waals surface area (Å²) in [6, 6.07) is 0. The zero-order valence-corrected chi connectivity index (χ0v) is 14.5. The van der Waals surface area contributed by atoms with Crippen LogP contribution in [0.5, 0.6) is 0 Å². The maximum absolute atomic E-state index is 11.7. The van der Waals surface area contributed by atoms with Crippen molar-refractivity contribution in [3.8, 4) is 0 Å². The van der Waals surface area contributed by atoms with Crippen LogP contribution in [-0.4, -0.2) is 53.5 Å². The zero-order valence-electron chi connectivity index (χ0n) is 15.5. The van der Waals surface area contributed by atoms with Crippen LogP contribution >= 0.6 is 0 Å². The van der Waals surface area contributed by atoms with Crippen LogP contribution in [0.1, 0.15) is 72.5 Å². The van der Waals surface area contributed by atoms with Crippen LogP contribution in [0.25, 0.3) is 0 Å². The van der Waals surface area contributed by atoms with Crippen molar-refractivity contribution in [2.24, 2.45) is 0 Å². The molecule has 0 radical (unpaired) electrons.